The molecule has 1 aromatic heterocycles. The van der Waals surface area contributed by atoms with Crippen molar-refractivity contribution >= 4 is 0 Å². The topological polar surface area (TPSA) is 17.8 Å². The van der Waals surface area contributed by atoms with Crippen LogP contribution in [0.15, 0.2) is 12.4 Å². The highest BCUT2D eigenvalue weighted by molar-refractivity contribution is 5.02. The third-order valence-electron chi connectivity index (χ3n) is 8.33. The molecule has 212 valence electrons. The van der Waals surface area contributed by atoms with Gasteiger partial charge in [0, 0.05) is 24.4 Å². The van der Waals surface area contributed by atoms with E-state index in [4.69, 9.17) is 4.98 Å². The van der Waals surface area contributed by atoms with Crippen LogP contribution < -0.4 is 0 Å². The highest BCUT2D eigenvalue weighted by atomic mass is 15.1. The van der Waals surface area contributed by atoms with Gasteiger partial charge in [-0.25, -0.2) is 4.98 Å². The second-order valence-corrected chi connectivity index (χ2v) is 11.8. The maximum atomic E-state index is 4.92. The fourth-order valence-corrected chi connectivity index (χ4v) is 5.82. The molecule has 0 saturated heterocycles. The van der Waals surface area contributed by atoms with E-state index in [1.807, 2.05) is 0 Å². The second-order valence-electron chi connectivity index (χ2n) is 11.8. The number of rotatable bonds is 27. The quantitative estimate of drug-likeness (QED) is 0.109. The van der Waals surface area contributed by atoms with Crippen molar-refractivity contribution in [1.29, 1.82) is 0 Å². The average Bonchev–Trinajstić information content (AvgIpc) is 3.37. The van der Waals surface area contributed by atoms with Crippen molar-refractivity contribution in [3.63, 3.8) is 0 Å². The zero-order chi connectivity index (χ0) is 26.1. The summed E-state index contributed by atoms with van der Waals surface area (Å²) < 4.78 is 2.55. The Morgan fingerprint density at radius 3 is 1.36 bits per heavy atom. The van der Waals surface area contributed by atoms with Crippen molar-refractivity contribution < 1.29 is 0 Å². The first-order valence-corrected chi connectivity index (χ1v) is 16.8. The van der Waals surface area contributed by atoms with Crippen LogP contribution in [-0.4, -0.2) is 9.55 Å². The summed E-state index contributed by atoms with van der Waals surface area (Å²) in [5.41, 5.74) is 0. The van der Waals surface area contributed by atoms with Crippen LogP contribution in [0.4, 0.5) is 0 Å². The van der Waals surface area contributed by atoms with E-state index in [0.717, 1.165) is 0 Å². The van der Waals surface area contributed by atoms with E-state index in [-0.39, 0.29) is 0 Å². The lowest BCUT2D eigenvalue weighted by atomic mass is 9.93. The smallest absolute Gasteiger partial charge is 0.111 e. The summed E-state index contributed by atoms with van der Waals surface area (Å²) >= 11 is 0. The fourth-order valence-electron chi connectivity index (χ4n) is 5.82. The van der Waals surface area contributed by atoms with Gasteiger partial charge in [-0.2, -0.15) is 0 Å². The third-order valence-corrected chi connectivity index (χ3v) is 8.33. The first-order chi connectivity index (χ1) is 17.7. The first kappa shape index (κ1) is 33.2. The monoisotopic (exact) mass is 503 g/mol. The minimum atomic E-state index is 0.591. The average molecular weight is 503 g/mol. The van der Waals surface area contributed by atoms with Crippen molar-refractivity contribution in [3.8, 4) is 0 Å². The molecule has 2 nitrogen and oxygen atoms in total. The van der Waals surface area contributed by atoms with E-state index < -0.39 is 0 Å². The third kappa shape index (κ3) is 16.9. The lowest BCUT2D eigenvalue weighted by Gasteiger charge is -2.22. The lowest BCUT2D eigenvalue weighted by molar-refractivity contribution is 0.414. The van der Waals surface area contributed by atoms with Gasteiger partial charge in [0.15, 0.2) is 0 Å². The number of unbranched alkanes of at least 4 members (excludes halogenated alkanes) is 19. The number of nitrogens with zero attached hydrogens (tertiary/aromatic N) is 2. The Bertz CT molecular complexity index is 563. The minimum absolute atomic E-state index is 0.591. The Balaban J connectivity index is 2.27. The summed E-state index contributed by atoms with van der Waals surface area (Å²) in [6, 6.07) is 0.591. The molecule has 0 N–H and O–H groups in total. The van der Waals surface area contributed by atoms with Crippen molar-refractivity contribution in [1.82, 2.24) is 9.55 Å². The summed E-state index contributed by atoms with van der Waals surface area (Å²) in [4.78, 5) is 4.92. The molecule has 1 rings (SSSR count). The molecule has 0 aliphatic carbocycles. The van der Waals surface area contributed by atoms with E-state index in [9.17, 15) is 0 Å². The molecule has 0 aromatic carbocycles. The Morgan fingerprint density at radius 2 is 0.889 bits per heavy atom. The van der Waals surface area contributed by atoms with Crippen molar-refractivity contribution in [2.45, 2.75) is 200 Å². The van der Waals surface area contributed by atoms with Crippen molar-refractivity contribution in [2.24, 2.45) is 0 Å². The predicted octanol–water partition coefficient (Wildman–Crippen LogP) is 12.3. The molecule has 0 saturated carbocycles. The van der Waals surface area contributed by atoms with Crippen LogP contribution >= 0.6 is 0 Å². The summed E-state index contributed by atoms with van der Waals surface area (Å²) in [6.07, 6.45) is 39.4. The van der Waals surface area contributed by atoms with E-state index >= 15 is 0 Å². The van der Waals surface area contributed by atoms with Gasteiger partial charge in [-0.1, -0.05) is 162 Å². The summed E-state index contributed by atoms with van der Waals surface area (Å²) in [6.45, 7) is 9.36. The summed E-state index contributed by atoms with van der Waals surface area (Å²) in [5, 5.41) is 0. The summed E-state index contributed by atoms with van der Waals surface area (Å²) in [7, 11) is 0. The Kier molecular flexibility index (Phi) is 22.7. The van der Waals surface area contributed by atoms with E-state index in [1.54, 1.807) is 0 Å². The first-order valence-electron chi connectivity index (χ1n) is 16.8. The summed E-state index contributed by atoms with van der Waals surface area (Å²) in [5.74, 6) is 2.05. The molecule has 36 heavy (non-hydrogen) atoms. The van der Waals surface area contributed by atoms with Crippen LogP contribution in [0.25, 0.3) is 0 Å². The van der Waals surface area contributed by atoms with Crippen LogP contribution in [-0.2, 0) is 0 Å². The normalized spacial score (nSPS) is 13.3. The molecule has 0 fully saturated rings. The van der Waals surface area contributed by atoms with Gasteiger partial charge in [0.05, 0.1) is 0 Å². The largest absolute Gasteiger partial charge is 0.332 e. The van der Waals surface area contributed by atoms with E-state index in [2.05, 4.69) is 44.7 Å². The molecule has 1 aromatic rings. The van der Waals surface area contributed by atoms with Crippen LogP contribution in [0, 0.1) is 0 Å². The van der Waals surface area contributed by atoms with Crippen molar-refractivity contribution in [3.05, 3.63) is 18.2 Å². The van der Waals surface area contributed by atoms with Gasteiger partial charge >= 0.3 is 0 Å². The molecule has 0 radical (unpaired) electrons. The Morgan fingerprint density at radius 1 is 0.528 bits per heavy atom. The van der Waals surface area contributed by atoms with Gasteiger partial charge in [-0.15, -0.1) is 0 Å². The van der Waals surface area contributed by atoms with Gasteiger partial charge in [0.2, 0.25) is 0 Å². The molecular weight excluding hydrogens is 436 g/mol. The Hall–Kier alpha value is -0.790. The Labute approximate surface area is 227 Å². The molecule has 0 aliphatic heterocycles. The van der Waals surface area contributed by atoms with E-state index in [1.165, 1.54) is 166 Å². The molecule has 1 heterocycles. The van der Waals surface area contributed by atoms with Crippen LogP contribution in [0.2, 0.25) is 0 Å². The molecular formula is C34H66N2. The van der Waals surface area contributed by atoms with Crippen molar-refractivity contribution in [2.75, 3.05) is 0 Å². The minimum Gasteiger partial charge on any atom is -0.332 e. The van der Waals surface area contributed by atoms with Gasteiger partial charge < -0.3 is 4.57 Å². The predicted molar refractivity (Wildman–Crippen MR) is 162 cm³/mol. The standard InChI is InChI=1S/C34H66N2/c1-5-8-11-13-15-16-17-18-19-20-21-22-25-27-32(4)36-31-30-35-34(36)33(28-24-10-7-3)29-26-23-14-12-9-6-2/h30-33H,5-29H2,1-4H3. The number of aromatic nitrogens is 2. The molecule has 0 spiro atoms. The molecule has 2 heteroatoms. The number of imidazole rings is 1. The number of hydrogen-bond donors (Lipinski definition) is 0. The maximum absolute atomic E-state index is 4.92. The van der Waals surface area contributed by atoms with Crippen LogP contribution in [0.5, 0.6) is 0 Å². The number of hydrogen-bond acceptors (Lipinski definition) is 1. The zero-order valence-electron chi connectivity index (χ0n) is 25.4. The van der Waals surface area contributed by atoms with Crippen LogP contribution in [0.3, 0.4) is 0 Å². The van der Waals surface area contributed by atoms with Gasteiger partial charge in [-0.05, 0) is 26.2 Å². The molecule has 2 unspecified atom stereocenters. The molecule has 2 atom stereocenters. The second kappa shape index (κ2) is 24.5. The zero-order valence-corrected chi connectivity index (χ0v) is 25.4. The lowest BCUT2D eigenvalue weighted by Crippen LogP contribution is -2.13. The van der Waals surface area contributed by atoms with Gasteiger partial charge in [-0.3, -0.25) is 0 Å². The fraction of sp³-hybridized carbons (Fsp3) is 0.912. The molecule has 0 bridgehead atoms. The molecule has 0 amide bonds. The maximum Gasteiger partial charge on any atom is 0.111 e. The SMILES string of the molecule is CCCCCCCCCCCCCCCC(C)n1ccnc1C(CCCCC)CCCCCCCC. The highest BCUT2D eigenvalue weighted by Gasteiger charge is 2.19. The van der Waals surface area contributed by atoms with Gasteiger partial charge in [0.25, 0.3) is 0 Å². The van der Waals surface area contributed by atoms with E-state index in [0.29, 0.717) is 12.0 Å². The van der Waals surface area contributed by atoms with Gasteiger partial charge in [0.1, 0.15) is 5.82 Å². The highest BCUT2D eigenvalue weighted by Crippen LogP contribution is 2.30. The van der Waals surface area contributed by atoms with Crippen LogP contribution in [0.1, 0.15) is 206 Å². The molecule has 0 aliphatic rings.